The smallest absolute Gasteiger partial charge is 0.340 e. The van der Waals surface area contributed by atoms with Crippen LogP contribution in [0.4, 0.5) is 0 Å². The number of rotatable bonds is 5. The fourth-order valence-electron chi connectivity index (χ4n) is 4.37. The van der Waals surface area contributed by atoms with Crippen LogP contribution in [0.15, 0.2) is 48.5 Å². The van der Waals surface area contributed by atoms with Crippen molar-refractivity contribution >= 4 is 22.8 Å². The SMILES string of the molecule is C[C@](O)(C(=O)O)c1cccc2[nH]c(C(=O)N3CCC(c4cccc(CN)c4)CC3)cc12. The summed E-state index contributed by atoms with van der Waals surface area (Å²) in [6, 6.07) is 15.0. The van der Waals surface area contributed by atoms with Gasteiger partial charge in [0.1, 0.15) is 5.69 Å². The number of nitrogens with zero attached hydrogens (tertiary/aromatic N) is 1. The van der Waals surface area contributed by atoms with Crippen LogP contribution >= 0.6 is 0 Å². The molecule has 1 atom stereocenters. The lowest BCUT2D eigenvalue weighted by atomic mass is 9.88. The number of nitrogens with two attached hydrogens (primary N) is 1. The number of carboxylic acid groups (broad SMARTS) is 1. The van der Waals surface area contributed by atoms with Crippen molar-refractivity contribution in [1.82, 2.24) is 9.88 Å². The summed E-state index contributed by atoms with van der Waals surface area (Å²) in [5.74, 6) is -1.06. The summed E-state index contributed by atoms with van der Waals surface area (Å²) in [6.45, 7) is 3.04. The Balaban J connectivity index is 1.52. The Morgan fingerprint density at radius 2 is 1.87 bits per heavy atom. The average Bonchev–Trinajstić information content (AvgIpc) is 3.23. The number of hydrogen-bond donors (Lipinski definition) is 4. The Kier molecular flexibility index (Phi) is 5.56. The number of hydrogen-bond acceptors (Lipinski definition) is 4. The third-order valence-electron chi connectivity index (χ3n) is 6.28. The van der Waals surface area contributed by atoms with E-state index >= 15 is 0 Å². The predicted molar refractivity (Wildman–Crippen MR) is 118 cm³/mol. The molecular weight excluding hydrogens is 394 g/mol. The molecule has 7 nitrogen and oxygen atoms in total. The second kappa shape index (κ2) is 8.17. The first-order valence-electron chi connectivity index (χ1n) is 10.5. The van der Waals surface area contributed by atoms with Gasteiger partial charge in [0.15, 0.2) is 5.60 Å². The molecule has 0 bridgehead atoms. The molecule has 1 fully saturated rings. The van der Waals surface area contributed by atoms with Gasteiger partial charge in [0.2, 0.25) is 0 Å². The third-order valence-corrected chi connectivity index (χ3v) is 6.28. The zero-order valence-corrected chi connectivity index (χ0v) is 17.5. The van der Waals surface area contributed by atoms with Crippen molar-refractivity contribution in [2.45, 2.75) is 37.8 Å². The van der Waals surface area contributed by atoms with Crippen molar-refractivity contribution < 1.29 is 19.8 Å². The topological polar surface area (TPSA) is 120 Å². The molecule has 5 N–H and O–H groups in total. The van der Waals surface area contributed by atoms with Gasteiger partial charge in [-0.2, -0.15) is 0 Å². The fourth-order valence-corrected chi connectivity index (χ4v) is 4.37. The second-order valence-corrected chi connectivity index (χ2v) is 8.34. The molecule has 0 unspecified atom stereocenters. The van der Waals surface area contributed by atoms with E-state index in [2.05, 4.69) is 17.1 Å². The molecule has 4 rings (SSSR count). The minimum absolute atomic E-state index is 0.119. The Morgan fingerprint density at radius 3 is 2.55 bits per heavy atom. The summed E-state index contributed by atoms with van der Waals surface area (Å²) in [4.78, 5) is 29.5. The normalized spacial score (nSPS) is 16.9. The Labute approximate surface area is 180 Å². The molecule has 2 heterocycles. The number of carboxylic acids is 1. The van der Waals surface area contributed by atoms with Gasteiger partial charge in [-0.25, -0.2) is 4.79 Å². The molecule has 1 saturated heterocycles. The molecule has 7 heteroatoms. The highest BCUT2D eigenvalue weighted by Crippen LogP contribution is 2.32. The van der Waals surface area contributed by atoms with Crippen molar-refractivity contribution in [3.05, 3.63) is 70.9 Å². The molecule has 2 aromatic carbocycles. The van der Waals surface area contributed by atoms with E-state index < -0.39 is 11.6 Å². The molecule has 1 amide bonds. The van der Waals surface area contributed by atoms with Gasteiger partial charge in [-0.15, -0.1) is 0 Å². The van der Waals surface area contributed by atoms with Gasteiger partial charge in [0, 0.05) is 36.1 Å². The summed E-state index contributed by atoms with van der Waals surface area (Å²) in [6.07, 6.45) is 1.75. The van der Waals surface area contributed by atoms with E-state index in [-0.39, 0.29) is 11.5 Å². The standard InChI is InChI=1S/C24H27N3O4/c1-24(31,23(29)30)19-6-3-7-20-18(19)13-21(26-20)22(28)27-10-8-16(9-11-27)17-5-2-4-15(12-17)14-25/h2-7,12-13,16,26,31H,8-11,14,25H2,1H3,(H,29,30)/t24-/m1/s1. The van der Waals surface area contributed by atoms with Crippen molar-refractivity contribution in [1.29, 1.82) is 0 Å². The summed E-state index contributed by atoms with van der Waals surface area (Å²) in [5.41, 5.74) is 7.36. The molecule has 31 heavy (non-hydrogen) atoms. The van der Waals surface area contributed by atoms with Crippen molar-refractivity contribution in [2.75, 3.05) is 13.1 Å². The number of carbonyl (C=O) groups is 2. The van der Waals surface area contributed by atoms with Gasteiger partial charge in [-0.1, -0.05) is 36.4 Å². The molecule has 0 saturated carbocycles. The van der Waals surface area contributed by atoms with E-state index in [1.807, 2.05) is 17.0 Å². The van der Waals surface area contributed by atoms with Crippen LogP contribution in [0.2, 0.25) is 0 Å². The first-order valence-corrected chi connectivity index (χ1v) is 10.5. The number of nitrogens with one attached hydrogen (secondary N) is 1. The van der Waals surface area contributed by atoms with Gasteiger partial charge in [0.05, 0.1) is 0 Å². The fraction of sp³-hybridized carbons (Fsp3) is 0.333. The number of piperidine rings is 1. The number of aliphatic carboxylic acids is 1. The maximum atomic E-state index is 13.1. The highest BCUT2D eigenvalue weighted by atomic mass is 16.4. The molecule has 1 aliphatic heterocycles. The van der Waals surface area contributed by atoms with Gasteiger partial charge in [0.25, 0.3) is 5.91 Å². The minimum atomic E-state index is -2.04. The number of carbonyl (C=O) groups excluding carboxylic acids is 1. The van der Waals surface area contributed by atoms with E-state index in [1.165, 1.54) is 12.5 Å². The molecule has 0 aliphatic carbocycles. The van der Waals surface area contributed by atoms with Gasteiger partial charge in [-0.05, 0) is 48.9 Å². The quantitative estimate of drug-likeness (QED) is 0.505. The van der Waals surface area contributed by atoms with Gasteiger partial charge >= 0.3 is 5.97 Å². The van der Waals surface area contributed by atoms with Crippen molar-refractivity contribution in [2.24, 2.45) is 5.73 Å². The predicted octanol–water partition coefficient (Wildman–Crippen LogP) is 2.94. The maximum Gasteiger partial charge on any atom is 0.340 e. The minimum Gasteiger partial charge on any atom is -0.479 e. The molecule has 162 valence electrons. The molecule has 1 aliphatic rings. The Morgan fingerprint density at radius 1 is 1.16 bits per heavy atom. The van der Waals surface area contributed by atoms with E-state index in [0.29, 0.717) is 42.1 Å². The highest BCUT2D eigenvalue weighted by Gasteiger charge is 2.34. The molecule has 3 aromatic rings. The first kappa shape index (κ1) is 21.1. The van der Waals surface area contributed by atoms with Crippen molar-refractivity contribution in [3.63, 3.8) is 0 Å². The molecule has 0 radical (unpaired) electrons. The third kappa shape index (κ3) is 3.94. The first-order chi connectivity index (χ1) is 14.8. The number of fused-ring (bicyclic) bond motifs is 1. The van der Waals surface area contributed by atoms with Crippen molar-refractivity contribution in [3.8, 4) is 0 Å². The zero-order valence-electron chi connectivity index (χ0n) is 17.5. The van der Waals surface area contributed by atoms with E-state index in [1.54, 1.807) is 24.3 Å². The number of H-pyrrole nitrogens is 1. The van der Waals surface area contributed by atoms with Crippen LogP contribution in [0.3, 0.4) is 0 Å². The summed E-state index contributed by atoms with van der Waals surface area (Å²) in [7, 11) is 0. The van der Waals surface area contributed by atoms with E-state index in [4.69, 9.17) is 5.73 Å². The van der Waals surface area contributed by atoms with E-state index in [9.17, 15) is 19.8 Å². The largest absolute Gasteiger partial charge is 0.479 e. The second-order valence-electron chi connectivity index (χ2n) is 8.34. The Hall–Kier alpha value is -3.16. The van der Waals surface area contributed by atoms with Crippen LogP contribution in [-0.2, 0) is 16.9 Å². The van der Waals surface area contributed by atoms with E-state index in [0.717, 1.165) is 18.4 Å². The summed E-state index contributed by atoms with van der Waals surface area (Å²) < 4.78 is 0. The van der Waals surface area contributed by atoms with Crippen LogP contribution in [0.25, 0.3) is 10.9 Å². The number of benzene rings is 2. The number of aliphatic hydroxyl groups is 1. The molecule has 0 spiro atoms. The number of likely N-dealkylation sites (tertiary alicyclic amines) is 1. The van der Waals surface area contributed by atoms with Crippen LogP contribution < -0.4 is 5.73 Å². The molecule has 1 aromatic heterocycles. The number of aromatic nitrogens is 1. The zero-order chi connectivity index (χ0) is 22.2. The van der Waals surface area contributed by atoms with Crippen LogP contribution in [0, 0.1) is 0 Å². The van der Waals surface area contributed by atoms with Gasteiger partial charge in [-0.3, -0.25) is 4.79 Å². The lowest BCUT2D eigenvalue weighted by Gasteiger charge is -2.32. The monoisotopic (exact) mass is 421 g/mol. The van der Waals surface area contributed by atoms with Crippen LogP contribution in [0.5, 0.6) is 0 Å². The lowest BCUT2D eigenvalue weighted by molar-refractivity contribution is -0.157. The van der Waals surface area contributed by atoms with Crippen LogP contribution in [0.1, 0.15) is 52.9 Å². The molecular formula is C24H27N3O4. The summed E-state index contributed by atoms with van der Waals surface area (Å²) in [5, 5.41) is 20.3. The van der Waals surface area contributed by atoms with Crippen LogP contribution in [-0.4, -0.2) is 45.1 Å². The highest BCUT2D eigenvalue weighted by molar-refractivity contribution is 6.00. The summed E-state index contributed by atoms with van der Waals surface area (Å²) >= 11 is 0. The Bertz CT molecular complexity index is 1130. The number of aromatic amines is 1. The average molecular weight is 421 g/mol. The maximum absolute atomic E-state index is 13.1. The number of amides is 1. The lowest BCUT2D eigenvalue weighted by Crippen LogP contribution is -2.38. The van der Waals surface area contributed by atoms with Gasteiger partial charge < -0.3 is 25.8 Å².